The SMILES string of the molecule is COC1(c2cc(O)cc(NCc3ccc4c(ccc(=O)n4C)c3)c2)CCOC(C)C1. The van der Waals surface area contributed by atoms with E-state index in [2.05, 4.69) is 11.4 Å². The smallest absolute Gasteiger partial charge is 0.250 e. The van der Waals surface area contributed by atoms with Crippen molar-refractivity contribution >= 4 is 16.6 Å². The Labute approximate surface area is 176 Å². The Balaban J connectivity index is 1.57. The third kappa shape index (κ3) is 3.93. The molecule has 2 aromatic carbocycles. The zero-order chi connectivity index (χ0) is 21.3. The Kier molecular flexibility index (Phi) is 5.54. The summed E-state index contributed by atoms with van der Waals surface area (Å²) in [6.07, 6.45) is 1.60. The van der Waals surface area contributed by atoms with Gasteiger partial charge in [0.05, 0.1) is 23.8 Å². The van der Waals surface area contributed by atoms with Gasteiger partial charge >= 0.3 is 0 Å². The Hall–Kier alpha value is -2.83. The molecule has 0 aliphatic carbocycles. The summed E-state index contributed by atoms with van der Waals surface area (Å²) in [6.45, 7) is 3.28. The van der Waals surface area contributed by atoms with Crippen molar-refractivity contribution in [1.82, 2.24) is 4.57 Å². The highest BCUT2D eigenvalue weighted by molar-refractivity contribution is 5.79. The van der Waals surface area contributed by atoms with Gasteiger partial charge < -0.3 is 24.5 Å². The highest BCUT2D eigenvalue weighted by atomic mass is 16.5. The van der Waals surface area contributed by atoms with Crippen LogP contribution in [0.2, 0.25) is 0 Å². The lowest BCUT2D eigenvalue weighted by Crippen LogP contribution is -2.39. The number of nitrogens with zero attached hydrogens (tertiary/aromatic N) is 1. The van der Waals surface area contributed by atoms with Crippen LogP contribution in [0.15, 0.2) is 53.3 Å². The van der Waals surface area contributed by atoms with Crippen molar-refractivity contribution in [1.29, 1.82) is 0 Å². The van der Waals surface area contributed by atoms with Crippen LogP contribution in [0.5, 0.6) is 5.75 Å². The van der Waals surface area contributed by atoms with Crippen molar-refractivity contribution in [3.8, 4) is 5.75 Å². The molecule has 6 heteroatoms. The first-order valence-corrected chi connectivity index (χ1v) is 10.2. The third-order valence-electron chi connectivity index (χ3n) is 6.05. The molecule has 2 heterocycles. The summed E-state index contributed by atoms with van der Waals surface area (Å²) < 4.78 is 13.3. The minimum absolute atomic E-state index is 0.0184. The molecule has 2 unspecified atom stereocenters. The molecule has 0 amide bonds. The fourth-order valence-corrected chi connectivity index (χ4v) is 4.34. The number of aromatic hydroxyl groups is 1. The number of ether oxygens (including phenoxy) is 2. The minimum atomic E-state index is -0.458. The second-order valence-corrected chi connectivity index (χ2v) is 8.08. The molecule has 6 nitrogen and oxygen atoms in total. The highest BCUT2D eigenvalue weighted by Gasteiger charge is 2.37. The summed E-state index contributed by atoms with van der Waals surface area (Å²) >= 11 is 0. The summed E-state index contributed by atoms with van der Waals surface area (Å²) in [7, 11) is 3.50. The van der Waals surface area contributed by atoms with E-state index in [9.17, 15) is 9.90 Å². The van der Waals surface area contributed by atoms with Gasteiger partial charge in [-0.3, -0.25) is 4.79 Å². The van der Waals surface area contributed by atoms with Gasteiger partial charge in [-0.15, -0.1) is 0 Å². The van der Waals surface area contributed by atoms with E-state index in [1.165, 1.54) is 0 Å². The second-order valence-electron chi connectivity index (χ2n) is 8.08. The number of hydrogen-bond donors (Lipinski definition) is 2. The topological polar surface area (TPSA) is 72.7 Å². The predicted octanol–water partition coefficient (Wildman–Crippen LogP) is 3.90. The lowest BCUT2D eigenvalue weighted by Gasteiger charge is -2.39. The molecule has 1 saturated heterocycles. The van der Waals surface area contributed by atoms with Crippen molar-refractivity contribution in [3.63, 3.8) is 0 Å². The van der Waals surface area contributed by atoms with Crippen molar-refractivity contribution in [2.24, 2.45) is 7.05 Å². The number of anilines is 1. The van der Waals surface area contributed by atoms with Crippen molar-refractivity contribution in [3.05, 3.63) is 70.0 Å². The van der Waals surface area contributed by atoms with E-state index in [0.29, 0.717) is 13.2 Å². The maximum atomic E-state index is 11.8. The van der Waals surface area contributed by atoms with Crippen LogP contribution in [0.4, 0.5) is 5.69 Å². The van der Waals surface area contributed by atoms with Gasteiger partial charge in [-0.25, -0.2) is 0 Å². The van der Waals surface area contributed by atoms with Gasteiger partial charge in [0.15, 0.2) is 0 Å². The van der Waals surface area contributed by atoms with E-state index in [1.807, 2.05) is 31.2 Å². The number of phenols is 1. The van der Waals surface area contributed by atoms with E-state index in [4.69, 9.17) is 9.47 Å². The molecule has 1 fully saturated rings. The summed E-state index contributed by atoms with van der Waals surface area (Å²) in [5, 5.41) is 14.8. The van der Waals surface area contributed by atoms with Gasteiger partial charge in [-0.1, -0.05) is 6.07 Å². The van der Waals surface area contributed by atoms with Crippen LogP contribution in [0, 0.1) is 0 Å². The first kappa shape index (κ1) is 20.4. The van der Waals surface area contributed by atoms with Gasteiger partial charge in [0.2, 0.25) is 0 Å². The Bertz CT molecular complexity index is 1120. The Morgan fingerprint density at radius 3 is 2.83 bits per heavy atom. The molecule has 158 valence electrons. The van der Waals surface area contributed by atoms with Crippen LogP contribution < -0.4 is 10.9 Å². The fourth-order valence-electron chi connectivity index (χ4n) is 4.34. The summed E-state index contributed by atoms with van der Waals surface area (Å²) in [5.41, 5.74) is 3.31. The first-order valence-electron chi connectivity index (χ1n) is 10.2. The molecule has 1 aliphatic rings. The fraction of sp³-hybridized carbons (Fsp3) is 0.375. The molecule has 0 bridgehead atoms. The lowest BCUT2D eigenvalue weighted by atomic mass is 9.83. The van der Waals surface area contributed by atoms with Crippen LogP contribution in [-0.2, 0) is 28.7 Å². The minimum Gasteiger partial charge on any atom is -0.508 e. The van der Waals surface area contributed by atoms with Crippen LogP contribution in [0.3, 0.4) is 0 Å². The number of rotatable bonds is 5. The average molecular weight is 408 g/mol. The number of phenolic OH excluding ortho intramolecular Hbond substituents is 1. The molecule has 4 rings (SSSR count). The third-order valence-corrected chi connectivity index (χ3v) is 6.05. The van der Waals surface area contributed by atoms with Gasteiger partial charge in [0, 0.05) is 51.4 Å². The number of aryl methyl sites for hydroxylation is 1. The number of benzene rings is 2. The lowest BCUT2D eigenvalue weighted by molar-refractivity contribution is -0.122. The molecule has 0 spiro atoms. The number of hydrogen-bond acceptors (Lipinski definition) is 5. The van der Waals surface area contributed by atoms with Gasteiger partial charge in [0.25, 0.3) is 5.56 Å². The maximum Gasteiger partial charge on any atom is 0.250 e. The monoisotopic (exact) mass is 408 g/mol. The zero-order valence-corrected chi connectivity index (χ0v) is 17.6. The summed E-state index contributed by atoms with van der Waals surface area (Å²) in [5.74, 6) is 0.207. The normalized spacial score (nSPS) is 21.6. The van der Waals surface area contributed by atoms with Gasteiger partial charge in [-0.05, 0) is 53.8 Å². The van der Waals surface area contributed by atoms with E-state index >= 15 is 0 Å². The number of aromatic nitrogens is 1. The first-order chi connectivity index (χ1) is 14.4. The molecular weight excluding hydrogens is 380 g/mol. The Morgan fingerprint density at radius 2 is 2.07 bits per heavy atom. The van der Waals surface area contributed by atoms with Crippen LogP contribution in [-0.4, -0.2) is 29.5 Å². The number of fused-ring (bicyclic) bond motifs is 1. The molecule has 2 atom stereocenters. The molecule has 1 aromatic heterocycles. The molecule has 30 heavy (non-hydrogen) atoms. The van der Waals surface area contributed by atoms with Crippen molar-refractivity contribution in [2.45, 2.75) is 38.0 Å². The standard InChI is InChI=1S/C24H28N2O4/c1-16-14-24(29-3,8-9-30-16)19-11-20(13-21(27)12-19)25-15-17-4-6-22-18(10-17)5-7-23(28)26(22)2/h4-7,10-13,16,25,27H,8-9,14-15H2,1-3H3. The van der Waals surface area contributed by atoms with Crippen LogP contribution in [0.25, 0.3) is 10.9 Å². The Morgan fingerprint density at radius 1 is 1.23 bits per heavy atom. The molecule has 3 aromatic rings. The molecule has 2 N–H and O–H groups in total. The van der Waals surface area contributed by atoms with E-state index < -0.39 is 5.60 Å². The van der Waals surface area contributed by atoms with Gasteiger partial charge in [0.1, 0.15) is 5.75 Å². The molecular formula is C24H28N2O4. The highest BCUT2D eigenvalue weighted by Crippen LogP contribution is 2.40. The summed E-state index contributed by atoms with van der Waals surface area (Å²) in [4.78, 5) is 11.8. The largest absolute Gasteiger partial charge is 0.508 e. The van der Waals surface area contributed by atoms with E-state index in [1.54, 1.807) is 36.9 Å². The van der Waals surface area contributed by atoms with Crippen LogP contribution >= 0.6 is 0 Å². The molecule has 1 aliphatic heterocycles. The average Bonchev–Trinajstić information content (AvgIpc) is 2.74. The second kappa shape index (κ2) is 8.13. The molecule has 0 saturated carbocycles. The number of methoxy groups -OCH3 is 1. The van der Waals surface area contributed by atoms with Crippen molar-refractivity contribution < 1.29 is 14.6 Å². The number of pyridine rings is 1. The van der Waals surface area contributed by atoms with Gasteiger partial charge in [-0.2, -0.15) is 0 Å². The maximum absolute atomic E-state index is 11.8. The van der Waals surface area contributed by atoms with E-state index in [-0.39, 0.29) is 17.4 Å². The van der Waals surface area contributed by atoms with E-state index in [0.717, 1.165) is 40.6 Å². The quantitative estimate of drug-likeness (QED) is 0.670. The zero-order valence-electron chi connectivity index (χ0n) is 17.6. The molecule has 0 radical (unpaired) electrons. The number of nitrogens with one attached hydrogen (secondary N) is 1. The van der Waals surface area contributed by atoms with Crippen molar-refractivity contribution in [2.75, 3.05) is 19.0 Å². The summed E-state index contributed by atoms with van der Waals surface area (Å²) in [6, 6.07) is 15.0. The predicted molar refractivity (Wildman–Crippen MR) is 118 cm³/mol. The van der Waals surface area contributed by atoms with Crippen LogP contribution in [0.1, 0.15) is 30.9 Å².